The highest BCUT2D eigenvalue weighted by atomic mass is 19.4. The highest BCUT2D eigenvalue weighted by Gasteiger charge is 2.34. The van der Waals surface area contributed by atoms with Crippen molar-refractivity contribution in [2.45, 2.75) is 45.8 Å². The summed E-state index contributed by atoms with van der Waals surface area (Å²) in [5.74, 6) is -1.77. The van der Waals surface area contributed by atoms with Crippen LogP contribution in [0.5, 0.6) is 0 Å². The Hall–Kier alpha value is -4.40. The Morgan fingerprint density at radius 2 is 1.77 bits per heavy atom. The Bertz CT molecular complexity index is 1640. The Balaban J connectivity index is 1.62. The van der Waals surface area contributed by atoms with E-state index in [1.807, 2.05) is 0 Å². The first-order valence-electron chi connectivity index (χ1n) is 11.8. The number of aliphatic hydroxyl groups is 1. The number of Topliss-reactive ketones (excluding diaryl/α,β-unsaturated/α-hetero) is 1. The van der Waals surface area contributed by atoms with Crippen molar-refractivity contribution in [3.8, 4) is 11.3 Å². The molecule has 0 amide bonds. The van der Waals surface area contributed by atoms with Crippen molar-refractivity contribution in [1.82, 2.24) is 33.6 Å². The van der Waals surface area contributed by atoms with Gasteiger partial charge in [-0.3, -0.25) is 18.7 Å². The predicted octanol–water partition coefficient (Wildman–Crippen LogP) is 1.98. The summed E-state index contributed by atoms with van der Waals surface area (Å²) in [5, 5.41) is 13.7. The Labute approximate surface area is 218 Å². The molecule has 1 unspecified atom stereocenters. The van der Waals surface area contributed by atoms with E-state index in [2.05, 4.69) is 25.3 Å². The molecule has 15 heteroatoms. The maximum Gasteiger partial charge on any atom is 0.451 e. The van der Waals surface area contributed by atoms with Crippen LogP contribution in [-0.2, 0) is 24.6 Å². The lowest BCUT2D eigenvalue weighted by atomic mass is 10.1. The van der Waals surface area contributed by atoms with E-state index in [1.165, 1.54) is 30.1 Å². The summed E-state index contributed by atoms with van der Waals surface area (Å²) in [5.41, 5.74) is -0.820. The summed E-state index contributed by atoms with van der Waals surface area (Å²) in [6, 6.07) is 3.84. The molecule has 12 nitrogen and oxygen atoms in total. The highest BCUT2D eigenvalue weighted by Crippen LogP contribution is 2.27. The van der Waals surface area contributed by atoms with Crippen LogP contribution < -0.4 is 16.6 Å². The van der Waals surface area contributed by atoms with Gasteiger partial charge >= 0.3 is 11.9 Å². The van der Waals surface area contributed by atoms with Crippen molar-refractivity contribution in [3.63, 3.8) is 0 Å². The van der Waals surface area contributed by atoms with Crippen LogP contribution in [0.1, 0.15) is 32.6 Å². The number of alkyl halides is 3. The van der Waals surface area contributed by atoms with Crippen molar-refractivity contribution < 1.29 is 23.1 Å². The first kappa shape index (κ1) is 27.6. The molecule has 0 aliphatic carbocycles. The molecule has 0 aliphatic rings. The van der Waals surface area contributed by atoms with Gasteiger partial charge in [-0.15, -0.1) is 0 Å². The Morgan fingerprint density at radius 3 is 2.38 bits per heavy atom. The quantitative estimate of drug-likeness (QED) is 0.316. The van der Waals surface area contributed by atoms with Gasteiger partial charge in [-0.1, -0.05) is 19.9 Å². The van der Waals surface area contributed by atoms with Gasteiger partial charge in [0.15, 0.2) is 16.9 Å². The van der Waals surface area contributed by atoms with Crippen molar-refractivity contribution >= 4 is 22.8 Å². The van der Waals surface area contributed by atoms with Crippen molar-refractivity contribution in [2.24, 2.45) is 13.0 Å². The minimum Gasteiger partial charge on any atom is -0.372 e. The number of fused-ring (bicyclic) bond motifs is 1. The number of aryl methyl sites for hydroxylation is 1. The summed E-state index contributed by atoms with van der Waals surface area (Å²) in [7, 11) is 1.43. The van der Waals surface area contributed by atoms with Gasteiger partial charge < -0.3 is 15.0 Å². The summed E-state index contributed by atoms with van der Waals surface area (Å²) < 4.78 is 41.7. The second-order valence-corrected chi connectivity index (χ2v) is 9.21. The van der Waals surface area contributed by atoms with Crippen LogP contribution in [0.2, 0.25) is 0 Å². The van der Waals surface area contributed by atoms with Crippen molar-refractivity contribution in [3.05, 3.63) is 63.6 Å². The van der Waals surface area contributed by atoms with Crippen LogP contribution in [0.15, 0.2) is 46.5 Å². The van der Waals surface area contributed by atoms with Crippen LogP contribution in [-0.4, -0.2) is 50.8 Å². The third-order valence-corrected chi connectivity index (χ3v) is 6.16. The lowest BCUT2D eigenvalue weighted by Crippen LogP contribution is -2.42. The van der Waals surface area contributed by atoms with Crippen molar-refractivity contribution in [2.75, 3.05) is 5.32 Å². The average Bonchev–Trinajstić information content (AvgIpc) is 3.34. The monoisotopic (exact) mass is 546 g/mol. The number of hydrogen-bond acceptors (Lipinski definition) is 9. The summed E-state index contributed by atoms with van der Waals surface area (Å²) in [6.45, 7) is 4.53. The third-order valence-electron chi connectivity index (χ3n) is 6.16. The molecular weight excluding hydrogens is 521 g/mol. The number of aromatic nitrogens is 7. The van der Waals surface area contributed by atoms with Gasteiger partial charge in [0.1, 0.15) is 12.0 Å². The standard InChI is InChI=1S/C24H25F3N8O4/c1-12(2)16(36)10-34-21(38)18-19(33(4)23(34)39)30-11-35(18)13(3)20(37)32-17-7-5-6-15(31-17)14-8-28-22(29-9-14)24(25,26)27/h5-9,11-13,20,37H,10H2,1-4H3,(H,31,32)/t13-,20?/m0/s1. The molecule has 0 saturated heterocycles. The molecule has 4 rings (SSSR count). The molecule has 206 valence electrons. The molecule has 4 aromatic heterocycles. The molecule has 2 N–H and O–H groups in total. The zero-order valence-corrected chi connectivity index (χ0v) is 21.3. The first-order chi connectivity index (χ1) is 18.3. The Kier molecular flexibility index (Phi) is 7.37. The van der Waals surface area contributed by atoms with E-state index in [-0.39, 0.29) is 39.9 Å². The SMILES string of the molecule is CC(C)C(=O)Cn1c(=O)c2c(ncn2[C@@H](C)C(O)Nc2cccc(-c3cnc(C(F)(F)F)nc3)n2)n(C)c1=O. The average molecular weight is 547 g/mol. The smallest absolute Gasteiger partial charge is 0.372 e. The van der Waals surface area contributed by atoms with Crippen LogP contribution in [0.3, 0.4) is 0 Å². The molecule has 0 spiro atoms. The maximum atomic E-state index is 13.3. The summed E-state index contributed by atoms with van der Waals surface area (Å²) >= 11 is 0. The van der Waals surface area contributed by atoms with Gasteiger partial charge in [-0.05, 0) is 19.1 Å². The van der Waals surface area contributed by atoms with Crippen LogP contribution in [0.4, 0.5) is 19.0 Å². The normalized spacial score (nSPS) is 13.6. The minimum absolute atomic E-state index is 0.0191. The van der Waals surface area contributed by atoms with E-state index in [9.17, 15) is 32.7 Å². The number of hydrogen-bond donors (Lipinski definition) is 2. The van der Waals surface area contributed by atoms with E-state index in [4.69, 9.17) is 0 Å². The number of carbonyl (C=O) groups is 1. The van der Waals surface area contributed by atoms with Gasteiger partial charge in [-0.2, -0.15) is 13.2 Å². The predicted molar refractivity (Wildman–Crippen MR) is 134 cm³/mol. The number of anilines is 1. The molecule has 0 saturated carbocycles. The van der Waals surface area contributed by atoms with E-state index >= 15 is 0 Å². The minimum atomic E-state index is -4.67. The number of nitrogens with one attached hydrogen (secondary N) is 1. The van der Waals surface area contributed by atoms with E-state index in [0.29, 0.717) is 0 Å². The van der Waals surface area contributed by atoms with Crippen LogP contribution in [0.25, 0.3) is 22.4 Å². The van der Waals surface area contributed by atoms with Gasteiger partial charge in [-0.25, -0.2) is 24.7 Å². The number of carbonyl (C=O) groups excluding carboxylic acids is 1. The van der Waals surface area contributed by atoms with Gasteiger partial charge in [0.25, 0.3) is 5.56 Å². The molecule has 0 bridgehead atoms. The third kappa shape index (κ3) is 5.43. The molecule has 0 aromatic carbocycles. The van der Waals surface area contributed by atoms with Gasteiger partial charge in [0.05, 0.1) is 24.6 Å². The van der Waals surface area contributed by atoms with E-state index in [1.54, 1.807) is 26.8 Å². The number of nitrogens with zero attached hydrogens (tertiary/aromatic N) is 7. The zero-order valence-electron chi connectivity index (χ0n) is 21.3. The number of ketones is 1. The maximum absolute atomic E-state index is 13.3. The fraction of sp³-hybridized carbons (Fsp3) is 0.375. The molecule has 39 heavy (non-hydrogen) atoms. The van der Waals surface area contributed by atoms with Crippen molar-refractivity contribution in [1.29, 1.82) is 0 Å². The molecule has 0 fully saturated rings. The molecular formula is C24H25F3N8O4. The number of pyridine rings is 1. The number of imidazole rings is 1. The Morgan fingerprint density at radius 1 is 1.10 bits per heavy atom. The first-order valence-corrected chi connectivity index (χ1v) is 11.8. The second kappa shape index (κ2) is 10.4. The number of halogens is 3. The second-order valence-electron chi connectivity index (χ2n) is 9.21. The van der Waals surface area contributed by atoms with E-state index in [0.717, 1.165) is 21.5 Å². The fourth-order valence-corrected chi connectivity index (χ4v) is 3.78. The van der Waals surface area contributed by atoms with Gasteiger partial charge in [0, 0.05) is 30.9 Å². The summed E-state index contributed by atoms with van der Waals surface area (Å²) in [6.07, 6.45) is -2.70. The molecule has 2 atom stereocenters. The fourth-order valence-electron chi connectivity index (χ4n) is 3.78. The highest BCUT2D eigenvalue weighted by molar-refractivity contribution is 5.80. The topological polar surface area (TPSA) is 150 Å². The lowest BCUT2D eigenvalue weighted by molar-refractivity contribution is -0.145. The largest absolute Gasteiger partial charge is 0.451 e. The van der Waals surface area contributed by atoms with Gasteiger partial charge in [0.2, 0.25) is 5.82 Å². The van der Waals surface area contributed by atoms with Crippen LogP contribution >= 0.6 is 0 Å². The van der Waals surface area contributed by atoms with E-state index < -0.39 is 42.1 Å². The van der Waals surface area contributed by atoms with Crippen LogP contribution in [0, 0.1) is 5.92 Å². The molecule has 0 radical (unpaired) electrons. The number of aliphatic hydroxyl groups excluding tert-OH is 1. The number of rotatable bonds is 8. The lowest BCUT2D eigenvalue weighted by Gasteiger charge is -2.22. The zero-order chi connectivity index (χ0) is 28.6. The molecule has 0 aliphatic heterocycles. The summed E-state index contributed by atoms with van der Waals surface area (Å²) in [4.78, 5) is 53.4. The molecule has 4 aromatic rings. The molecule has 4 heterocycles.